The number of methoxy groups -OCH3 is 1. The zero-order valence-electron chi connectivity index (χ0n) is 8.24. The Morgan fingerprint density at radius 3 is 2.71 bits per heavy atom. The maximum atomic E-state index is 5.63. The molecule has 0 saturated heterocycles. The van der Waals surface area contributed by atoms with Crippen LogP contribution in [0.5, 0.6) is 5.75 Å². The van der Waals surface area contributed by atoms with Gasteiger partial charge in [-0.15, -0.1) is 0 Å². The van der Waals surface area contributed by atoms with Crippen LogP contribution >= 0.6 is 0 Å². The molecule has 2 aromatic rings. The third-order valence-electron chi connectivity index (χ3n) is 2.26. The standard InChI is InChI=1S/C11H12N2O/c1-7-3-5-9(14-2)8-4-6-10(12)13-11(7)8/h3-6H,1-2H3,(H2,12,13). The molecule has 3 nitrogen and oxygen atoms in total. The maximum Gasteiger partial charge on any atom is 0.128 e. The molecule has 2 N–H and O–H groups in total. The predicted molar refractivity (Wildman–Crippen MR) is 57.4 cm³/mol. The number of benzene rings is 1. The average molecular weight is 188 g/mol. The van der Waals surface area contributed by atoms with Gasteiger partial charge in [0.1, 0.15) is 11.6 Å². The fraction of sp³-hybridized carbons (Fsp3) is 0.182. The summed E-state index contributed by atoms with van der Waals surface area (Å²) >= 11 is 0. The number of nitrogen functional groups attached to an aromatic ring is 1. The molecule has 1 aromatic heterocycles. The Morgan fingerprint density at radius 2 is 2.00 bits per heavy atom. The van der Waals surface area contributed by atoms with E-state index in [1.54, 1.807) is 13.2 Å². The van der Waals surface area contributed by atoms with Crippen molar-refractivity contribution in [1.82, 2.24) is 4.98 Å². The maximum absolute atomic E-state index is 5.63. The zero-order valence-corrected chi connectivity index (χ0v) is 8.24. The molecular weight excluding hydrogens is 176 g/mol. The number of anilines is 1. The van der Waals surface area contributed by atoms with E-state index in [0.29, 0.717) is 5.82 Å². The molecule has 0 fully saturated rings. The summed E-state index contributed by atoms with van der Waals surface area (Å²) in [5.74, 6) is 1.37. The highest BCUT2D eigenvalue weighted by Crippen LogP contribution is 2.27. The minimum atomic E-state index is 0.536. The largest absolute Gasteiger partial charge is 0.496 e. The number of fused-ring (bicyclic) bond motifs is 1. The molecular formula is C11H12N2O. The fourth-order valence-electron chi connectivity index (χ4n) is 1.52. The van der Waals surface area contributed by atoms with E-state index in [-0.39, 0.29) is 0 Å². The van der Waals surface area contributed by atoms with Crippen LogP contribution in [-0.2, 0) is 0 Å². The van der Waals surface area contributed by atoms with Crippen LogP contribution in [0.15, 0.2) is 24.3 Å². The Hall–Kier alpha value is -1.77. The molecule has 0 atom stereocenters. The number of hydrogen-bond acceptors (Lipinski definition) is 3. The number of pyridine rings is 1. The van der Waals surface area contributed by atoms with Crippen molar-refractivity contribution in [3.63, 3.8) is 0 Å². The molecule has 3 heteroatoms. The van der Waals surface area contributed by atoms with Gasteiger partial charge in [0.2, 0.25) is 0 Å². The average Bonchev–Trinajstić information content (AvgIpc) is 2.19. The van der Waals surface area contributed by atoms with E-state index in [0.717, 1.165) is 22.2 Å². The SMILES string of the molecule is COc1ccc(C)c2nc(N)ccc12. The molecule has 1 heterocycles. The highest BCUT2D eigenvalue weighted by molar-refractivity contribution is 5.88. The van der Waals surface area contributed by atoms with E-state index in [2.05, 4.69) is 4.98 Å². The molecule has 72 valence electrons. The van der Waals surface area contributed by atoms with Crippen LogP contribution in [0.3, 0.4) is 0 Å². The predicted octanol–water partition coefficient (Wildman–Crippen LogP) is 2.13. The van der Waals surface area contributed by atoms with Gasteiger partial charge in [-0.05, 0) is 30.7 Å². The second kappa shape index (κ2) is 3.18. The third-order valence-corrected chi connectivity index (χ3v) is 2.26. The van der Waals surface area contributed by atoms with Crippen molar-refractivity contribution in [3.8, 4) is 5.75 Å². The summed E-state index contributed by atoms with van der Waals surface area (Å²) in [6.45, 7) is 2.01. The second-order valence-electron chi connectivity index (χ2n) is 3.22. The number of hydrogen-bond donors (Lipinski definition) is 1. The minimum absolute atomic E-state index is 0.536. The summed E-state index contributed by atoms with van der Waals surface area (Å²) < 4.78 is 5.24. The van der Waals surface area contributed by atoms with Crippen LogP contribution in [0.1, 0.15) is 5.56 Å². The summed E-state index contributed by atoms with van der Waals surface area (Å²) in [5, 5.41) is 1.00. The van der Waals surface area contributed by atoms with Crippen molar-refractivity contribution in [2.45, 2.75) is 6.92 Å². The number of rotatable bonds is 1. The van der Waals surface area contributed by atoms with Crippen LogP contribution < -0.4 is 10.5 Å². The van der Waals surface area contributed by atoms with E-state index in [4.69, 9.17) is 10.5 Å². The van der Waals surface area contributed by atoms with E-state index in [9.17, 15) is 0 Å². The number of aromatic nitrogens is 1. The van der Waals surface area contributed by atoms with Gasteiger partial charge in [-0.25, -0.2) is 4.98 Å². The number of nitrogens with zero attached hydrogens (tertiary/aromatic N) is 1. The molecule has 0 aliphatic heterocycles. The number of aryl methyl sites for hydroxylation is 1. The molecule has 2 rings (SSSR count). The summed E-state index contributed by atoms with van der Waals surface area (Å²) in [6.07, 6.45) is 0. The van der Waals surface area contributed by atoms with E-state index in [1.165, 1.54) is 0 Å². The van der Waals surface area contributed by atoms with E-state index in [1.807, 2.05) is 25.1 Å². The molecule has 0 aliphatic rings. The Balaban J connectivity index is 2.84. The smallest absolute Gasteiger partial charge is 0.128 e. The lowest BCUT2D eigenvalue weighted by molar-refractivity contribution is 0.419. The molecule has 0 saturated carbocycles. The second-order valence-corrected chi connectivity index (χ2v) is 3.22. The van der Waals surface area contributed by atoms with Crippen molar-refractivity contribution in [2.24, 2.45) is 0 Å². The van der Waals surface area contributed by atoms with Crippen molar-refractivity contribution in [1.29, 1.82) is 0 Å². The Morgan fingerprint density at radius 1 is 1.21 bits per heavy atom. The summed E-state index contributed by atoms with van der Waals surface area (Å²) in [6, 6.07) is 7.64. The van der Waals surface area contributed by atoms with Gasteiger partial charge >= 0.3 is 0 Å². The summed E-state index contributed by atoms with van der Waals surface area (Å²) in [5.41, 5.74) is 7.64. The molecule has 0 aliphatic carbocycles. The molecule has 0 amide bonds. The van der Waals surface area contributed by atoms with Gasteiger partial charge in [-0.2, -0.15) is 0 Å². The Labute approximate surface area is 82.5 Å². The van der Waals surface area contributed by atoms with Crippen molar-refractivity contribution < 1.29 is 4.74 Å². The van der Waals surface area contributed by atoms with Gasteiger partial charge in [-0.3, -0.25) is 0 Å². The van der Waals surface area contributed by atoms with Crippen molar-refractivity contribution in [3.05, 3.63) is 29.8 Å². The first-order valence-electron chi connectivity index (χ1n) is 4.42. The Kier molecular flexibility index (Phi) is 2.00. The van der Waals surface area contributed by atoms with Gasteiger partial charge in [0.15, 0.2) is 0 Å². The molecule has 1 aromatic carbocycles. The molecule has 0 bridgehead atoms. The normalized spacial score (nSPS) is 10.4. The lowest BCUT2D eigenvalue weighted by Gasteiger charge is -2.07. The number of nitrogens with two attached hydrogens (primary N) is 1. The van der Waals surface area contributed by atoms with E-state index < -0.39 is 0 Å². The minimum Gasteiger partial charge on any atom is -0.496 e. The topological polar surface area (TPSA) is 48.1 Å². The zero-order chi connectivity index (χ0) is 10.1. The Bertz CT molecular complexity index is 480. The molecule has 0 unspecified atom stereocenters. The van der Waals surface area contributed by atoms with Crippen molar-refractivity contribution in [2.75, 3.05) is 12.8 Å². The first-order valence-corrected chi connectivity index (χ1v) is 4.42. The van der Waals surface area contributed by atoms with Gasteiger partial charge in [0, 0.05) is 5.39 Å². The van der Waals surface area contributed by atoms with Crippen LogP contribution in [-0.4, -0.2) is 12.1 Å². The van der Waals surface area contributed by atoms with Crippen LogP contribution in [0.2, 0.25) is 0 Å². The molecule has 14 heavy (non-hydrogen) atoms. The first-order chi connectivity index (χ1) is 6.72. The number of ether oxygens (including phenoxy) is 1. The molecule has 0 radical (unpaired) electrons. The summed E-state index contributed by atoms with van der Waals surface area (Å²) in [4.78, 5) is 4.28. The van der Waals surface area contributed by atoms with Gasteiger partial charge in [-0.1, -0.05) is 6.07 Å². The van der Waals surface area contributed by atoms with Crippen LogP contribution in [0, 0.1) is 6.92 Å². The van der Waals surface area contributed by atoms with Gasteiger partial charge < -0.3 is 10.5 Å². The fourth-order valence-corrected chi connectivity index (χ4v) is 1.52. The quantitative estimate of drug-likeness (QED) is 0.745. The van der Waals surface area contributed by atoms with Crippen molar-refractivity contribution >= 4 is 16.7 Å². The highest BCUT2D eigenvalue weighted by atomic mass is 16.5. The first kappa shape index (κ1) is 8.81. The van der Waals surface area contributed by atoms with Gasteiger partial charge in [0.25, 0.3) is 0 Å². The van der Waals surface area contributed by atoms with Crippen LogP contribution in [0.4, 0.5) is 5.82 Å². The summed E-state index contributed by atoms with van der Waals surface area (Å²) in [7, 11) is 1.65. The lowest BCUT2D eigenvalue weighted by atomic mass is 10.1. The van der Waals surface area contributed by atoms with Crippen LogP contribution in [0.25, 0.3) is 10.9 Å². The lowest BCUT2D eigenvalue weighted by Crippen LogP contribution is -1.93. The molecule has 0 spiro atoms. The van der Waals surface area contributed by atoms with E-state index >= 15 is 0 Å². The third kappa shape index (κ3) is 1.27. The monoisotopic (exact) mass is 188 g/mol. The van der Waals surface area contributed by atoms with Gasteiger partial charge in [0.05, 0.1) is 12.6 Å². The highest BCUT2D eigenvalue weighted by Gasteiger charge is 2.04.